The molecule has 16 heavy (non-hydrogen) atoms. The van der Waals surface area contributed by atoms with Crippen molar-refractivity contribution >= 4 is 11.9 Å². The van der Waals surface area contributed by atoms with E-state index >= 15 is 0 Å². The van der Waals surface area contributed by atoms with Gasteiger partial charge < -0.3 is 15.2 Å². The van der Waals surface area contributed by atoms with Gasteiger partial charge in [-0.05, 0) is 13.8 Å². The Bertz CT molecular complexity index is 240. The summed E-state index contributed by atoms with van der Waals surface area (Å²) in [5.41, 5.74) is 0. The zero-order valence-corrected chi connectivity index (χ0v) is 10.3. The lowest BCUT2D eigenvalue weighted by atomic mass is 9.95. The minimum atomic E-state index is -0.509. The van der Waals surface area contributed by atoms with Gasteiger partial charge in [0, 0.05) is 12.0 Å². The van der Waals surface area contributed by atoms with Crippen molar-refractivity contribution in [3.8, 4) is 0 Å². The van der Waals surface area contributed by atoms with E-state index in [1.165, 1.54) is 0 Å². The smallest absolute Gasteiger partial charge is 0.309 e. The number of nitrogens with one attached hydrogen (secondary N) is 1. The topological polar surface area (TPSA) is 75.6 Å². The lowest BCUT2D eigenvalue weighted by Crippen LogP contribution is -2.39. The molecule has 5 nitrogen and oxygen atoms in total. The Balaban J connectivity index is 4.20. The molecule has 2 N–H and O–H groups in total. The van der Waals surface area contributed by atoms with Gasteiger partial charge >= 0.3 is 5.97 Å². The molecule has 0 saturated carbocycles. The van der Waals surface area contributed by atoms with Gasteiger partial charge in [0.25, 0.3) is 0 Å². The molecule has 0 spiro atoms. The van der Waals surface area contributed by atoms with Crippen LogP contribution in [0.4, 0.5) is 0 Å². The van der Waals surface area contributed by atoms with Gasteiger partial charge in [-0.2, -0.15) is 0 Å². The lowest BCUT2D eigenvalue weighted by molar-refractivity contribution is -0.153. The van der Waals surface area contributed by atoms with Crippen LogP contribution in [0.2, 0.25) is 0 Å². The molecule has 0 aromatic rings. The second-order valence-corrected chi connectivity index (χ2v) is 4.13. The number of carbonyl (C=O) groups is 2. The summed E-state index contributed by atoms with van der Waals surface area (Å²) in [4.78, 5) is 23.0. The maximum absolute atomic E-state index is 11.6. The molecule has 0 fully saturated rings. The molecule has 0 rings (SSSR count). The summed E-state index contributed by atoms with van der Waals surface area (Å²) >= 11 is 0. The van der Waals surface area contributed by atoms with E-state index in [-0.39, 0.29) is 25.2 Å². The van der Waals surface area contributed by atoms with Crippen molar-refractivity contribution in [3.63, 3.8) is 0 Å². The first-order valence-corrected chi connectivity index (χ1v) is 5.48. The number of esters is 1. The van der Waals surface area contributed by atoms with Crippen molar-refractivity contribution in [1.82, 2.24) is 5.32 Å². The summed E-state index contributed by atoms with van der Waals surface area (Å²) in [5, 5.41) is 11.2. The molecule has 0 heterocycles. The van der Waals surface area contributed by atoms with Gasteiger partial charge in [-0.15, -0.1) is 0 Å². The number of rotatable bonds is 6. The van der Waals surface area contributed by atoms with Crippen molar-refractivity contribution in [2.45, 2.75) is 33.7 Å². The summed E-state index contributed by atoms with van der Waals surface area (Å²) in [6.07, 6.45) is 0. The van der Waals surface area contributed by atoms with Crippen LogP contribution in [0, 0.1) is 11.8 Å². The zero-order chi connectivity index (χ0) is 12.7. The van der Waals surface area contributed by atoms with E-state index in [0.717, 1.165) is 0 Å². The second-order valence-electron chi connectivity index (χ2n) is 4.13. The highest BCUT2D eigenvalue weighted by Crippen LogP contribution is 2.13. The molecule has 0 aliphatic heterocycles. The predicted octanol–water partition coefficient (Wildman–Crippen LogP) is 0.319. The molecule has 0 aromatic heterocycles. The normalized spacial score (nSPS) is 14.4. The summed E-state index contributed by atoms with van der Waals surface area (Å²) in [6.45, 7) is 6.82. The van der Waals surface area contributed by atoms with Crippen LogP contribution in [0.1, 0.15) is 27.7 Å². The summed E-state index contributed by atoms with van der Waals surface area (Å²) in [6, 6.07) is 0.0515. The number of hydrogen-bond donors (Lipinski definition) is 2. The van der Waals surface area contributed by atoms with Crippen LogP contribution in [-0.4, -0.2) is 36.2 Å². The fourth-order valence-electron chi connectivity index (χ4n) is 1.12. The van der Waals surface area contributed by atoms with E-state index in [4.69, 9.17) is 9.84 Å². The molecule has 2 unspecified atom stereocenters. The monoisotopic (exact) mass is 231 g/mol. The van der Waals surface area contributed by atoms with E-state index in [9.17, 15) is 9.59 Å². The van der Waals surface area contributed by atoms with Crippen LogP contribution in [-0.2, 0) is 14.3 Å². The van der Waals surface area contributed by atoms with Gasteiger partial charge in [0.2, 0.25) is 5.91 Å². The standard InChI is InChI=1S/C11H21NO4/c1-7(2)12-10(14)8(3)9(4)11(15)16-6-5-13/h7-9,13H,5-6H2,1-4H3,(H,12,14). The van der Waals surface area contributed by atoms with E-state index in [2.05, 4.69) is 5.32 Å². The van der Waals surface area contributed by atoms with Crippen LogP contribution in [0.3, 0.4) is 0 Å². The van der Waals surface area contributed by atoms with E-state index in [1.54, 1.807) is 13.8 Å². The summed E-state index contributed by atoms with van der Waals surface area (Å²) < 4.78 is 4.76. The van der Waals surface area contributed by atoms with Crippen molar-refractivity contribution in [2.75, 3.05) is 13.2 Å². The molecular formula is C11H21NO4. The highest BCUT2D eigenvalue weighted by Gasteiger charge is 2.27. The number of amides is 1. The lowest BCUT2D eigenvalue weighted by Gasteiger charge is -2.19. The quantitative estimate of drug-likeness (QED) is 0.645. The molecule has 1 amide bonds. The molecule has 0 bridgehead atoms. The molecule has 2 atom stereocenters. The van der Waals surface area contributed by atoms with Gasteiger partial charge in [-0.1, -0.05) is 13.8 Å². The third kappa shape index (κ3) is 5.11. The van der Waals surface area contributed by atoms with Gasteiger partial charge in [0.05, 0.1) is 12.5 Å². The number of aliphatic hydroxyl groups is 1. The molecule has 5 heteroatoms. The van der Waals surface area contributed by atoms with Gasteiger partial charge in [0.15, 0.2) is 0 Å². The van der Waals surface area contributed by atoms with Crippen molar-refractivity contribution in [2.24, 2.45) is 11.8 Å². The Hall–Kier alpha value is -1.10. The van der Waals surface area contributed by atoms with E-state index < -0.39 is 17.8 Å². The molecule has 0 saturated heterocycles. The maximum atomic E-state index is 11.6. The Morgan fingerprint density at radius 2 is 1.75 bits per heavy atom. The van der Waals surface area contributed by atoms with E-state index in [0.29, 0.717) is 0 Å². The third-order valence-corrected chi connectivity index (χ3v) is 2.30. The average Bonchev–Trinajstić information content (AvgIpc) is 2.22. The number of hydrogen-bond acceptors (Lipinski definition) is 4. The molecule has 94 valence electrons. The minimum Gasteiger partial charge on any atom is -0.463 e. The first-order chi connectivity index (χ1) is 7.40. The van der Waals surface area contributed by atoms with Crippen LogP contribution >= 0.6 is 0 Å². The summed E-state index contributed by atoms with van der Waals surface area (Å²) in [7, 11) is 0. The fourth-order valence-corrected chi connectivity index (χ4v) is 1.12. The van der Waals surface area contributed by atoms with Crippen LogP contribution in [0.5, 0.6) is 0 Å². The Morgan fingerprint density at radius 1 is 1.19 bits per heavy atom. The predicted molar refractivity (Wildman–Crippen MR) is 59.7 cm³/mol. The molecule has 0 aliphatic rings. The minimum absolute atomic E-state index is 0.0261. The van der Waals surface area contributed by atoms with Gasteiger partial charge in [-0.25, -0.2) is 0 Å². The first-order valence-electron chi connectivity index (χ1n) is 5.48. The maximum Gasteiger partial charge on any atom is 0.309 e. The first kappa shape index (κ1) is 14.9. The van der Waals surface area contributed by atoms with Crippen LogP contribution in [0.25, 0.3) is 0 Å². The average molecular weight is 231 g/mol. The van der Waals surface area contributed by atoms with Crippen molar-refractivity contribution in [3.05, 3.63) is 0 Å². The molecule has 0 radical (unpaired) electrons. The van der Waals surface area contributed by atoms with Crippen LogP contribution in [0.15, 0.2) is 0 Å². The highest BCUT2D eigenvalue weighted by atomic mass is 16.5. The molecular weight excluding hydrogens is 210 g/mol. The van der Waals surface area contributed by atoms with Gasteiger partial charge in [-0.3, -0.25) is 9.59 Å². The SMILES string of the molecule is CC(C)NC(=O)C(C)C(C)C(=O)OCCO. The third-order valence-electron chi connectivity index (χ3n) is 2.30. The Morgan fingerprint density at radius 3 is 2.19 bits per heavy atom. The largest absolute Gasteiger partial charge is 0.463 e. The molecule has 0 aliphatic carbocycles. The zero-order valence-electron chi connectivity index (χ0n) is 10.3. The fraction of sp³-hybridized carbons (Fsp3) is 0.818. The number of ether oxygens (including phenoxy) is 1. The molecule has 0 aromatic carbocycles. The van der Waals surface area contributed by atoms with Crippen molar-refractivity contribution < 1.29 is 19.4 Å². The van der Waals surface area contributed by atoms with E-state index in [1.807, 2.05) is 13.8 Å². The van der Waals surface area contributed by atoms with Crippen LogP contribution < -0.4 is 5.32 Å². The van der Waals surface area contributed by atoms with Crippen molar-refractivity contribution in [1.29, 1.82) is 0 Å². The van der Waals surface area contributed by atoms with Gasteiger partial charge in [0.1, 0.15) is 6.61 Å². The highest BCUT2D eigenvalue weighted by molar-refractivity contribution is 5.84. The Kier molecular flexibility index (Phi) is 6.72. The Labute approximate surface area is 96.2 Å². The number of aliphatic hydroxyl groups excluding tert-OH is 1. The second kappa shape index (κ2) is 7.22. The summed E-state index contributed by atoms with van der Waals surface area (Å²) in [5.74, 6) is -1.57. The number of carbonyl (C=O) groups excluding carboxylic acids is 2.